The van der Waals surface area contributed by atoms with Gasteiger partial charge in [-0.3, -0.25) is 0 Å². The van der Waals surface area contributed by atoms with E-state index in [1.165, 1.54) is 83.1 Å². The van der Waals surface area contributed by atoms with E-state index >= 15 is 0 Å². The summed E-state index contributed by atoms with van der Waals surface area (Å²) in [6, 6.07) is 0. The fourth-order valence-electron chi connectivity index (χ4n) is 7.61. The van der Waals surface area contributed by atoms with Crippen LogP contribution in [0.15, 0.2) is 12.2 Å². The van der Waals surface area contributed by atoms with E-state index in [4.69, 9.17) is 9.47 Å². The molecule has 0 unspecified atom stereocenters. The van der Waals surface area contributed by atoms with Gasteiger partial charge in [0.15, 0.2) is 6.29 Å². The average Bonchev–Trinajstić information content (AvgIpc) is 2.84. The molecule has 4 rings (SSSR count). The molecule has 33 heavy (non-hydrogen) atoms. The molecule has 190 valence electrons. The molecule has 0 radical (unpaired) electrons. The van der Waals surface area contributed by atoms with Crippen molar-refractivity contribution in [3.63, 3.8) is 0 Å². The van der Waals surface area contributed by atoms with Gasteiger partial charge in [-0.2, -0.15) is 8.78 Å². The molecule has 0 amide bonds. The first-order valence-electron chi connectivity index (χ1n) is 14.3. The molecule has 4 aliphatic rings. The van der Waals surface area contributed by atoms with Crippen LogP contribution in [0.1, 0.15) is 110 Å². The molecule has 0 aromatic carbocycles. The minimum atomic E-state index is -1.49. The zero-order valence-electron chi connectivity index (χ0n) is 21.0. The Hall–Kier alpha value is -0.480. The van der Waals surface area contributed by atoms with E-state index in [0.29, 0.717) is 5.92 Å². The number of halogens is 2. The summed E-state index contributed by atoms with van der Waals surface area (Å²) in [6.07, 6.45) is 20.9. The van der Waals surface area contributed by atoms with Crippen LogP contribution in [0.25, 0.3) is 0 Å². The van der Waals surface area contributed by atoms with Gasteiger partial charge in [0.25, 0.3) is 6.08 Å². The summed E-state index contributed by atoms with van der Waals surface area (Å²) >= 11 is 0. The summed E-state index contributed by atoms with van der Waals surface area (Å²) in [5, 5.41) is 0. The lowest BCUT2D eigenvalue weighted by Crippen LogP contribution is -2.37. The van der Waals surface area contributed by atoms with Gasteiger partial charge in [-0.1, -0.05) is 38.5 Å². The van der Waals surface area contributed by atoms with E-state index in [9.17, 15) is 8.78 Å². The van der Waals surface area contributed by atoms with E-state index in [2.05, 4.69) is 0 Å². The number of hydrogen-bond donors (Lipinski definition) is 0. The summed E-state index contributed by atoms with van der Waals surface area (Å²) in [6.45, 7) is 3.81. The van der Waals surface area contributed by atoms with Gasteiger partial charge in [-0.25, -0.2) is 0 Å². The van der Waals surface area contributed by atoms with Crippen LogP contribution in [0.2, 0.25) is 0 Å². The fourth-order valence-corrected chi connectivity index (χ4v) is 7.61. The van der Waals surface area contributed by atoms with Gasteiger partial charge in [0.2, 0.25) is 0 Å². The molecule has 1 heterocycles. The van der Waals surface area contributed by atoms with Crippen molar-refractivity contribution < 1.29 is 18.3 Å². The predicted molar refractivity (Wildman–Crippen MR) is 130 cm³/mol. The lowest BCUT2D eigenvalue weighted by Gasteiger charge is -2.41. The van der Waals surface area contributed by atoms with E-state index in [1.54, 1.807) is 0 Å². The lowest BCUT2D eigenvalue weighted by molar-refractivity contribution is -0.200. The van der Waals surface area contributed by atoms with Gasteiger partial charge >= 0.3 is 0 Å². The van der Waals surface area contributed by atoms with Crippen LogP contribution in [0.5, 0.6) is 0 Å². The topological polar surface area (TPSA) is 18.5 Å². The van der Waals surface area contributed by atoms with Crippen molar-refractivity contribution in [3.8, 4) is 0 Å². The van der Waals surface area contributed by atoms with Crippen molar-refractivity contribution in [2.24, 2.45) is 41.4 Å². The van der Waals surface area contributed by atoms with Crippen LogP contribution in [0, 0.1) is 41.4 Å². The van der Waals surface area contributed by atoms with E-state index < -0.39 is 6.08 Å². The predicted octanol–water partition coefficient (Wildman–Crippen LogP) is 8.76. The number of rotatable bonds is 8. The highest BCUT2D eigenvalue weighted by molar-refractivity contribution is 4.91. The standard InChI is InChI=1S/C29H48F2O2/c1-21-32-19-28(20-33-21)27-16-14-26(15-17-27)25-12-10-23(11-13-25)5-3-2-4-22-6-8-24(9-7-22)18-29(30)31/h18,21-28H,2-17,19-20H2,1H3. The van der Waals surface area contributed by atoms with Crippen LogP contribution in [0.4, 0.5) is 8.78 Å². The highest BCUT2D eigenvalue weighted by atomic mass is 19.3. The number of hydrogen-bond acceptors (Lipinski definition) is 2. The second kappa shape index (κ2) is 13.0. The highest BCUT2D eigenvalue weighted by Gasteiger charge is 2.34. The fraction of sp³-hybridized carbons (Fsp3) is 0.931. The second-order valence-electron chi connectivity index (χ2n) is 12.0. The molecule has 0 aromatic heterocycles. The Kier molecular flexibility index (Phi) is 10.1. The summed E-state index contributed by atoms with van der Waals surface area (Å²) in [7, 11) is 0. The minimum absolute atomic E-state index is 0.00844. The largest absolute Gasteiger partial charge is 0.353 e. The van der Waals surface area contributed by atoms with E-state index in [1.807, 2.05) is 6.92 Å². The number of ether oxygens (including phenoxy) is 2. The summed E-state index contributed by atoms with van der Waals surface area (Å²) in [5.41, 5.74) is 0. The lowest BCUT2D eigenvalue weighted by atomic mass is 9.67. The van der Waals surface area contributed by atoms with Crippen molar-refractivity contribution in [1.82, 2.24) is 0 Å². The van der Waals surface area contributed by atoms with Gasteiger partial charge in [-0.05, 0) is 113 Å². The Bertz CT molecular complexity index is 572. The quantitative estimate of drug-likeness (QED) is 0.333. The van der Waals surface area contributed by atoms with Crippen LogP contribution in [-0.2, 0) is 9.47 Å². The van der Waals surface area contributed by atoms with Crippen LogP contribution in [0.3, 0.4) is 0 Å². The molecule has 0 aromatic rings. The second-order valence-corrected chi connectivity index (χ2v) is 12.0. The highest BCUT2D eigenvalue weighted by Crippen LogP contribution is 2.44. The Morgan fingerprint density at radius 1 is 0.636 bits per heavy atom. The van der Waals surface area contributed by atoms with Gasteiger partial charge in [0.05, 0.1) is 13.2 Å². The Labute approximate surface area is 201 Å². The van der Waals surface area contributed by atoms with Crippen LogP contribution >= 0.6 is 0 Å². The van der Waals surface area contributed by atoms with E-state index in [0.717, 1.165) is 68.5 Å². The number of allylic oxidation sites excluding steroid dienone is 1. The van der Waals surface area contributed by atoms with Crippen molar-refractivity contribution in [2.45, 2.75) is 116 Å². The molecule has 4 heteroatoms. The molecule has 3 saturated carbocycles. The van der Waals surface area contributed by atoms with Gasteiger partial charge in [-0.15, -0.1) is 0 Å². The minimum Gasteiger partial charge on any atom is -0.353 e. The SMILES string of the molecule is CC1OCC(C2CCC(C3CCC(CCCCC4CCC(C=C(F)F)CC4)CC3)CC2)CO1. The molecular weight excluding hydrogens is 418 g/mol. The Balaban J connectivity index is 1.04. The molecule has 0 bridgehead atoms. The maximum Gasteiger partial charge on any atom is 0.266 e. The third-order valence-electron chi connectivity index (χ3n) is 9.86. The average molecular weight is 467 g/mol. The molecule has 0 spiro atoms. The first-order chi connectivity index (χ1) is 16.1. The van der Waals surface area contributed by atoms with Gasteiger partial charge in [0.1, 0.15) is 0 Å². The van der Waals surface area contributed by atoms with Crippen LogP contribution in [-0.4, -0.2) is 19.5 Å². The number of unbranched alkanes of at least 4 members (excludes halogenated alkanes) is 1. The van der Waals surface area contributed by atoms with Crippen molar-refractivity contribution in [1.29, 1.82) is 0 Å². The third kappa shape index (κ3) is 8.02. The molecule has 2 nitrogen and oxygen atoms in total. The smallest absolute Gasteiger partial charge is 0.266 e. The molecular formula is C29H48F2O2. The normalized spacial score (nSPS) is 40.3. The Morgan fingerprint density at radius 2 is 1.06 bits per heavy atom. The van der Waals surface area contributed by atoms with Crippen LogP contribution < -0.4 is 0 Å². The van der Waals surface area contributed by atoms with E-state index in [-0.39, 0.29) is 12.2 Å². The monoisotopic (exact) mass is 466 g/mol. The maximum absolute atomic E-state index is 12.4. The molecule has 4 fully saturated rings. The molecule has 0 atom stereocenters. The third-order valence-corrected chi connectivity index (χ3v) is 9.86. The van der Waals surface area contributed by atoms with Crippen molar-refractivity contribution in [2.75, 3.05) is 13.2 Å². The zero-order valence-corrected chi connectivity index (χ0v) is 21.0. The Morgan fingerprint density at radius 3 is 1.55 bits per heavy atom. The summed E-state index contributed by atoms with van der Waals surface area (Å²) in [5.74, 6) is 5.30. The van der Waals surface area contributed by atoms with Gasteiger partial charge in [0, 0.05) is 5.92 Å². The van der Waals surface area contributed by atoms with Gasteiger partial charge < -0.3 is 9.47 Å². The first-order valence-corrected chi connectivity index (χ1v) is 14.3. The van der Waals surface area contributed by atoms with Crippen molar-refractivity contribution in [3.05, 3.63) is 12.2 Å². The summed E-state index contributed by atoms with van der Waals surface area (Å²) in [4.78, 5) is 0. The zero-order chi connectivity index (χ0) is 23.0. The maximum atomic E-state index is 12.4. The molecule has 3 aliphatic carbocycles. The molecule has 1 saturated heterocycles. The first kappa shape index (κ1) is 25.6. The molecule has 0 N–H and O–H groups in total. The molecule has 1 aliphatic heterocycles. The van der Waals surface area contributed by atoms with Crippen molar-refractivity contribution >= 4 is 0 Å². The summed E-state index contributed by atoms with van der Waals surface area (Å²) < 4.78 is 36.3.